The van der Waals surface area contributed by atoms with Gasteiger partial charge in [0.15, 0.2) is 0 Å². The third kappa shape index (κ3) is 5.56. The topological polar surface area (TPSA) is 55.4 Å². The Bertz CT molecular complexity index is 192. The second-order valence-corrected chi connectivity index (χ2v) is 3.21. The van der Waals surface area contributed by atoms with Gasteiger partial charge >= 0.3 is 5.97 Å². The third-order valence-corrected chi connectivity index (χ3v) is 1.88. The molecule has 0 aromatic carbocycles. The maximum Gasteiger partial charge on any atom is 0.325 e. The zero-order valence-electron chi connectivity index (χ0n) is 9.13. The van der Waals surface area contributed by atoms with Gasteiger partial charge < -0.3 is 10.1 Å². The van der Waals surface area contributed by atoms with Crippen molar-refractivity contribution in [2.45, 2.75) is 33.6 Å². The summed E-state index contributed by atoms with van der Waals surface area (Å²) in [5, 5.41) is 2.54. The number of hydrogen-bond acceptors (Lipinski definition) is 3. The zero-order chi connectivity index (χ0) is 11.0. The summed E-state index contributed by atoms with van der Waals surface area (Å²) in [6.07, 6.45) is 1.81. The minimum Gasteiger partial charge on any atom is -0.465 e. The highest BCUT2D eigenvalue weighted by Gasteiger charge is 2.12. The van der Waals surface area contributed by atoms with Crippen molar-refractivity contribution in [1.82, 2.24) is 5.32 Å². The Labute approximate surface area is 85.0 Å². The minimum atomic E-state index is -0.385. The van der Waals surface area contributed by atoms with Crippen molar-refractivity contribution in [3.8, 4) is 0 Å². The van der Waals surface area contributed by atoms with E-state index >= 15 is 0 Å². The van der Waals surface area contributed by atoms with Crippen molar-refractivity contribution in [3.63, 3.8) is 0 Å². The quantitative estimate of drug-likeness (QED) is 0.655. The highest BCUT2D eigenvalue weighted by Crippen LogP contribution is 2.03. The number of rotatable bonds is 6. The van der Waals surface area contributed by atoms with Crippen LogP contribution in [-0.4, -0.2) is 25.0 Å². The Morgan fingerprint density at radius 1 is 1.36 bits per heavy atom. The summed E-state index contributed by atoms with van der Waals surface area (Å²) in [6.45, 7) is 5.93. The van der Waals surface area contributed by atoms with E-state index in [9.17, 15) is 9.59 Å². The molecule has 4 nitrogen and oxygen atoms in total. The van der Waals surface area contributed by atoms with E-state index in [1.165, 1.54) is 0 Å². The van der Waals surface area contributed by atoms with Gasteiger partial charge in [0, 0.05) is 5.92 Å². The minimum absolute atomic E-state index is 0.0271. The maximum atomic E-state index is 11.3. The first kappa shape index (κ1) is 12.9. The van der Waals surface area contributed by atoms with Crippen LogP contribution in [0.3, 0.4) is 0 Å². The van der Waals surface area contributed by atoms with Crippen LogP contribution in [-0.2, 0) is 14.3 Å². The van der Waals surface area contributed by atoms with E-state index in [0.29, 0.717) is 6.61 Å². The van der Waals surface area contributed by atoms with E-state index < -0.39 is 0 Å². The van der Waals surface area contributed by atoms with Crippen molar-refractivity contribution in [2.75, 3.05) is 13.2 Å². The van der Waals surface area contributed by atoms with Crippen LogP contribution in [0.1, 0.15) is 33.6 Å². The fourth-order valence-electron chi connectivity index (χ4n) is 1.11. The molecular weight excluding hydrogens is 182 g/mol. The molecule has 1 N–H and O–H groups in total. The normalized spacial score (nSPS) is 11.9. The van der Waals surface area contributed by atoms with Gasteiger partial charge in [-0.15, -0.1) is 0 Å². The van der Waals surface area contributed by atoms with Crippen molar-refractivity contribution in [1.29, 1.82) is 0 Å². The SMILES string of the molecule is CCCC(C)C(=O)NCC(=O)OCC. The fourth-order valence-corrected chi connectivity index (χ4v) is 1.11. The third-order valence-electron chi connectivity index (χ3n) is 1.88. The monoisotopic (exact) mass is 201 g/mol. The number of carbonyl (C=O) groups is 2. The summed E-state index contributed by atoms with van der Waals surface area (Å²) >= 11 is 0. The zero-order valence-corrected chi connectivity index (χ0v) is 9.13. The standard InChI is InChI=1S/C10H19NO3/c1-4-6-8(3)10(13)11-7-9(12)14-5-2/h8H,4-7H2,1-3H3,(H,11,13). The molecule has 0 aromatic heterocycles. The lowest BCUT2D eigenvalue weighted by atomic mass is 10.1. The average molecular weight is 201 g/mol. The van der Waals surface area contributed by atoms with E-state index in [0.717, 1.165) is 12.8 Å². The summed E-state index contributed by atoms with van der Waals surface area (Å²) in [4.78, 5) is 22.2. The molecule has 0 aliphatic carbocycles. The number of ether oxygens (including phenoxy) is 1. The highest BCUT2D eigenvalue weighted by atomic mass is 16.5. The summed E-state index contributed by atoms with van der Waals surface area (Å²) in [6, 6.07) is 0. The van der Waals surface area contributed by atoms with Crippen LogP contribution in [0, 0.1) is 5.92 Å². The van der Waals surface area contributed by atoms with Gasteiger partial charge in [0.2, 0.25) is 5.91 Å². The molecular formula is C10H19NO3. The first-order valence-electron chi connectivity index (χ1n) is 5.05. The molecule has 0 saturated carbocycles. The molecule has 0 aliphatic heterocycles. The van der Waals surface area contributed by atoms with Crippen LogP contribution in [0.25, 0.3) is 0 Å². The molecule has 0 heterocycles. The molecule has 0 radical (unpaired) electrons. The van der Waals surface area contributed by atoms with Gasteiger partial charge in [0.25, 0.3) is 0 Å². The summed E-state index contributed by atoms with van der Waals surface area (Å²) in [7, 11) is 0. The Balaban J connectivity index is 3.67. The molecule has 1 unspecified atom stereocenters. The molecule has 4 heteroatoms. The average Bonchev–Trinajstić information content (AvgIpc) is 2.15. The molecule has 0 aliphatic rings. The molecule has 14 heavy (non-hydrogen) atoms. The number of amides is 1. The Kier molecular flexibility index (Phi) is 6.80. The predicted molar refractivity (Wildman–Crippen MR) is 53.7 cm³/mol. The second kappa shape index (κ2) is 7.35. The van der Waals surface area contributed by atoms with E-state index in [1.807, 2.05) is 13.8 Å². The van der Waals surface area contributed by atoms with E-state index in [1.54, 1.807) is 6.92 Å². The lowest BCUT2D eigenvalue weighted by molar-refractivity contribution is -0.143. The second-order valence-electron chi connectivity index (χ2n) is 3.21. The smallest absolute Gasteiger partial charge is 0.325 e. The molecule has 0 rings (SSSR count). The largest absolute Gasteiger partial charge is 0.465 e. The molecule has 1 amide bonds. The molecule has 0 spiro atoms. The molecule has 0 bridgehead atoms. The van der Waals surface area contributed by atoms with Crippen LogP contribution < -0.4 is 5.32 Å². The van der Waals surface area contributed by atoms with Crippen molar-refractivity contribution in [3.05, 3.63) is 0 Å². The predicted octanol–water partition coefficient (Wildman–Crippen LogP) is 1.10. The number of esters is 1. The highest BCUT2D eigenvalue weighted by molar-refractivity contribution is 5.83. The van der Waals surface area contributed by atoms with Crippen molar-refractivity contribution in [2.24, 2.45) is 5.92 Å². The van der Waals surface area contributed by atoms with Crippen LogP contribution in [0.5, 0.6) is 0 Å². The van der Waals surface area contributed by atoms with Crippen molar-refractivity contribution >= 4 is 11.9 Å². The van der Waals surface area contributed by atoms with Crippen LogP contribution in [0.2, 0.25) is 0 Å². The molecule has 82 valence electrons. The Hall–Kier alpha value is -1.06. The van der Waals surface area contributed by atoms with Gasteiger partial charge in [0.1, 0.15) is 6.54 Å². The summed E-state index contributed by atoms with van der Waals surface area (Å²) in [5.74, 6) is -0.501. The maximum absolute atomic E-state index is 11.3. The van der Waals surface area contributed by atoms with E-state index in [-0.39, 0.29) is 24.3 Å². The van der Waals surface area contributed by atoms with Gasteiger partial charge in [-0.1, -0.05) is 20.3 Å². The lowest BCUT2D eigenvalue weighted by Gasteiger charge is -2.10. The fraction of sp³-hybridized carbons (Fsp3) is 0.800. The Morgan fingerprint density at radius 3 is 2.50 bits per heavy atom. The first-order valence-corrected chi connectivity index (χ1v) is 5.05. The van der Waals surface area contributed by atoms with Gasteiger partial charge in [-0.2, -0.15) is 0 Å². The van der Waals surface area contributed by atoms with Crippen LogP contribution >= 0.6 is 0 Å². The number of nitrogens with one attached hydrogen (secondary N) is 1. The summed E-state index contributed by atoms with van der Waals surface area (Å²) < 4.78 is 4.68. The Morgan fingerprint density at radius 2 is 2.00 bits per heavy atom. The van der Waals surface area contributed by atoms with Gasteiger partial charge in [-0.3, -0.25) is 9.59 Å². The van der Waals surface area contributed by atoms with Gasteiger partial charge in [-0.05, 0) is 13.3 Å². The van der Waals surface area contributed by atoms with Crippen LogP contribution in [0.4, 0.5) is 0 Å². The van der Waals surface area contributed by atoms with Crippen LogP contribution in [0.15, 0.2) is 0 Å². The van der Waals surface area contributed by atoms with Crippen molar-refractivity contribution < 1.29 is 14.3 Å². The molecule has 0 fully saturated rings. The number of carbonyl (C=O) groups excluding carboxylic acids is 2. The van der Waals surface area contributed by atoms with E-state index in [2.05, 4.69) is 10.1 Å². The first-order chi connectivity index (χ1) is 6.61. The summed E-state index contributed by atoms with van der Waals surface area (Å²) in [5.41, 5.74) is 0. The molecule has 1 atom stereocenters. The van der Waals surface area contributed by atoms with E-state index in [4.69, 9.17) is 0 Å². The lowest BCUT2D eigenvalue weighted by Crippen LogP contribution is -2.34. The molecule has 0 aromatic rings. The molecule has 0 saturated heterocycles. The van der Waals surface area contributed by atoms with Gasteiger partial charge in [-0.25, -0.2) is 0 Å². The van der Waals surface area contributed by atoms with Gasteiger partial charge in [0.05, 0.1) is 6.61 Å². The number of hydrogen-bond donors (Lipinski definition) is 1.